The maximum Gasteiger partial charge on any atom is 0.261 e. The maximum atomic E-state index is 12.7. The number of hydrogen-bond donors (Lipinski definition) is 1. The Balaban J connectivity index is 1.42. The van der Waals surface area contributed by atoms with E-state index < -0.39 is 15.8 Å². The minimum absolute atomic E-state index is 0.0891. The van der Waals surface area contributed by atoms with Crippen LogP contribution < -0.4 is 4.72 Å². The van der Waals surface area contributed by atoms with E-state index in [4.69, 9.17) is 9.47 Å². The molecule has 0 bridgehead atoms. The van der Waals surface area contributed by atoms with Gasteiger partial charge in [-0.05, 0) is 36.4 Å². The minimum atomic E-state index is -3.73. The first kappa shape index (κ1) is 18.9. The van der Waals surface area contributed by atoms with Crippen LogP contribution in [0.3, 0.4) is 0 Å². The van der Waals surface area contributed by atoms with E-state index in [0.29, 0.717) is 50.4 Å². The molecule has 2 fully saturated rings. The van der Waals surface area contributed by atoms with Crippen LogP contribution in [0, 0.1) is 0 Å². The molecule has 4 rings (SSSR count). The number of pyridine rings is 1. The first-order valence-electron chi connectivity index (χ1n) is 9.08. The predicted molar refractivity (Wildman–Crippen MR) is 101 cm³/mol. The number of ether oxygens (including phenoxy) is 2. The number of hydrogen-bond acceptors (Lipinski definition) is 6. The molecule has 2 aromatic rings. The topological polar surface area (TPSA) is 97.8 Å². The van der Waals surface area contributed by atoms with Crippen LogP contribution in [-0.4, -0.2) is 56.3 Å². The third kappa shape index (κ3) is 3.87. The summed E-state index contributed by atoms with van der Waals surface area (Å²) in [5.74, 6) is -0.660. The Morgan fingerprint density at radius 2 is 1.61 bits per heavy atom. The number of carbonyl (C=O) groups is 1. The van der Waals surface area contributed by atoms with Gasteiger partial charge in [0.2, 0.25) is 0 Å². The molecule has 2 saturated heterocycles. The summed E-state index contributed by atoms with van der Waals surface area (Å²) in [7, 11) is -3.73. The molecule has 1 aromatic heterocycles. The molecule has 1 amide bonds. The van der Waals surface area contributed by atoms with Gasteiger partial charge in [-0.1, -0.05) is 0 Å². The Morgan fingerprint density at radius 1 is 1.00 bits per heavy atom. The minimum Gasteiger partial charge on any atom is -0.347 e. The highest BCUT2D eigenvalue weighted by Crippen LogP contribution is 2.31. The number of amides is 1. The van der Waals surface area contributed by atoms with E-state index in [1.807, 2.05) is 0 Å². The number of carbonyl (C=O) groups excluding carboxylic acids is 1. The fraction of sp³-hybridized carbons (Fsp3) is 0.368. The standard InChI is InChI=1S/C19H21N3O5S/c23-18(22-11-7-19(8-12-22)26-13-14-27-19)15-1-3-17(4-2-15)28(24,25)21-16-5-9-20-10-6-16/h1-6,9-10H,7-8,11-14H2,(H,20,21). The molecule has 0 aliphatic carbocycles. The maximum absolute atomic E-state index is 12.7. The van der Waals surface area contributed by atoms with Crippen molar-refractivity contribution >= 4 is 21.6 Å². The quantitative estimate of drug-likeness (QED) is 0.837. The van der Waals surface area contributed by atoms with Gasteiger partial charge >= 0.3 is 0 Å². The molecule has 0 radical (unpaired) electrons. The number of anilines is 1. The van der Waals surface area contributed by atoms with E-state index in [2.05, 4.69) is 9.71 Å². The molecule has 148 valence electrons. The van der Waals surface area contributed by atoms with Crippen molar-refractivity contribution in [3.05, 3.63) is 54.4 Å². The average molecular weight is 403 g/mol. The first-order chi connectivity index (χ1) is 13.5. The third-order valence-corrected chi connectivity index (χ3v) is 6.37. The van der Waals surface area contributed by atoms with Crippen LogP contribution in [0.5, 0.6) is 0 Å². The monoisotopic (exact) mass is 403 g/mol. The van der Waals surface area contributed by atoms with Gasteiger partial charge < -0.3 is 14.4 Å². The summed E-state index contributed by atoms with van der Waals surface area (Å²) in [5.41, 5.74) is 0.876. The molecule has 2 aliphatic rings. The zero-order valence-electron chi connectivity index (χ0n) is 15.2. The molecule has 8 nitrogen and oxygen atoms in total. The number of nitrogens with one attached hydrogen (secondary N) is 1. The summed E-state index contributed by atoms with van der Waals surface area (Å²) >= 11 is 0. The number of piperidine rings is 1. The van der Waals surface area contributed by atoms with Gasteiger partial charge in [-0.15, -0.1) is 0 Å². The van der Waals surface area contributed by atoms with Gasteiger partial charge in [-0.3, -0.25) is 14.5 Å². The molecular weight excluding hydrogens is 382 g/mol. The summed E-state index contributed by atoms with van der Waals surface area (Å²) in [6.07, 6.45) is 4.29. The lowest BCUT2D eigenvalue weighted by atomic mass is 10.0. The molecule has 1 spiro atoms. The molecule has 3 heterocycles. The zero-order valence-corrected chi connectivity index (χ0v) is 16.0. The molecule has 2 aliphatic heterocycles. The highest BCUT2D eigenvalue weighted by Gasteiger charge is 2.40. The van der Waals surface area contributed by atoms with E-state index in [-0.39, 0.29) is 10.8 Å². The van der Waals surface area contributed by atoms with Crippen LogP contribution in [-0.2, 0) is 19.5 Å². The highest BCUT2D eigenvalue weighted by molar-refractivity contribution is 7.92. The van der Waals surface area contributed by atoms with Crippen molar-refractivity contribution < 1.29 is 22.7 Å². The van der Waals surface area contributed by atoms with E-state index in [9.17, 15) is 13.2 Å². The number of likely N-dealkylation sites (tertiary alicyclic amines) is 1. The second-order valence-corrected chi connectivity index (χ2v) is 8.45. The van der Waals surface area contributed by atoms with Gasteiger partial charge in [0.05, 0.1) is 23.8 Å². The van der Waals surface area contributed by atoms with Crippen molar-refractivity contribution in [2.75, 3.05) is 31.0 Å². The predicted octanol–water partition coefficient (Wildman–Crippen LogP) is 1.86. The zero-order chi connectivity index (χ0) is 19.6. The normalized spacial score (nSPS) is 18.9. The van der Waals surface area contributed by atoms with E-state index in [1.165, 1.54) is 36.7 Å². The number of rotatable bonds is 4. The second kappa shape index (κ2) is 7.50. The van der Waals surface area contributed by atoms with Gasteiger partial charge in [0.1, 0.15) is 0 Å². The van der Waals surface area contributed by atoms with Crippen LogP contribution in [0.15, 0.2) is 53.7 Å². The Bertz CT molecular complexity index is 931. The average Bonchev–Trinajstić information content (AvgIpc) is 3.16. The number of nitrogens with zero attached hydrogens (tertiary/aromatic N) is 2. The Kier molecular flexibility index (Phi) is 5.05. The van der Waals surface area contributed by atoms with E-state index in [0.717, 1.165) is 0 Å². The number of aromatic nitrogens is 1. The molecular formula is C19H21N3O5S. The summed E-state index contributed by atoms with van der Waals surface area (Å²) in [4.78, 5) is 18.4. The van der Waals surface area contributed by atoms with Gasteiger partial charge in [0, 0.05) is 43.9 Å². The van der Waals surface area contributed by atoms with Crippen molar-refractivity contribution in [2.24, 2.45) is 0 Å². The van der Waals surface area contributed by atoms with Crippen molar-refractivity contribution in [3.63, 3.8) is 0 Å². The van der Waals surface area contributed by atoms with Crippen LogP contribution >= 0.6 is 0 Å². The lowest BCUT2D eigenvalue weighted by Gasteiger charge is -2.37. The summed E-state index contributed by atoms with van der Waals surface area (Å²) in [6.45, 7) is 2.28. The summed E-state index contributed by atoms with van der Waals surface area (Å²) in [5, 5.41) is 0. The fourth-order valence-electron chi connectivity index (χ4n) is 3.43. The van der Waals surface area contributed by atoms with Crippen LogP contribution in [0.2, 0.25) is 0 Å². The summed E-state index contributed by atoms with van der Waals surface area (Å²) < 4.78 is 38.8. The molecule has 0 unspecified atom stereocenters. The van der Waals surface area contributed by atoms with Crippen molar-refractivity contribution in [1.82, 2.24) is 9.88 Å². The summed E-state index contributed by atoms with van der Waals surface area (Å²) in [6, 6.07) is 9.08. The van der Waals surface area contributed by atoms with Crippen molar-refractivity contribution in [3.8, 4) is 0 Å². The fourth-order valence-corrected chi connectivity index (χ4v) is 4.49. The number of sulfonamides is 1. The first-order valence-corrected chi connectivity index (χ1v) is 10.6. The third-order valence-electron chi connectivity index (χ3n) is 4.97. The van der Waals surface area contributed by atoms with Gasteiger partial charge in [-0.2, -0.15) is 0 Å². The largest absolute Gasteiger partial charge is 0.347 e. The van der Waals surface area contributed by atoms with Crippen molar-refractivity contribution in [1.29, 1.82) is 0 Å². The highest BCUT2D eigenvalue weighted by atomic mass is 32.2. The molecule has 0 atom stereocenters. The van der Waals surface area contributed by atoms with E-state index in [1.54, 1.807) is 17.0 Å². The smallest absolute Gasteiger partial charge is 0.261 e. The van der Waals surface area contributed by atoms with Gasteiger partial charge in [-0.25, -0.2) is 8.42 Å². The van der Waals surface area contributed by atoms with Crippen molar-refractivity contribution in [2.45, 2.75) is 23.5 Å². The van der Waals surface area contributed by atoms with Crippen LogP contribution in [0.4, 0.5) is 5.69 Å². The Morgan fingerprint density at radius 3 is 2.21 bits per heavy atom. The molecule has 1 aromatic carbocycles. The Hall–Kier alpha value is -2.49. The Labute approximate surface area is 163 Å². The van der Waals surface area contributed by atoms with Gasteiger partial charge in [0.15, 0.2) is 5.79 Å². The molecule has 9 heteroatoms. The SMILES string of the molecule is O=C(c1ccc(S(=O)(=O)Nc2ccncc2)cc1)N1CCC2(CC1)OCCO2. The lowest BCUT2D eigenvalue weighted by Crippen LogP contribution is -2.47. The molecule has 28 heavy (non-hydrogen) atoms. The van der Waals surface area contributed by atoms with Gasteiger partial charge in [0.25, 0.3) is 15.9 Å². The lowest BCUT2D eigenvalue weighted by molar-refractivity contribution is -0.181. The van der Waals surface area contributed by atoms with E-state index >= 15 is 0 Å². The number of benzene rings is 1. The van der Waals surface area contributed by atoms with Crippen LogP contribution in [0.1, 0.15) is 23.2 Å². The van der Waals surface area contributed by atoms with Crippen LogP contribution in [0.25, 0.3) is 0 Å². The molecule has 1 N–H and O–H groups in total. The molecule has 0 saturated carbocycles. The second-order valence-electron chi connectivity index (χ2n) is 6.77.